The summed E-state index contributed by atoms with van der Waals surface area (Å²) < 4.78 is 27.5. The minimum atomic E-state index is -1.57. The predicted octanol–water partition coefficient (Wildman–Crippen LogP) is 0.593. The molecule has 3 unspecified atom stereocenters. The Hall–Kier alpha value is -3.05. The Labute approximate surface area is 194 Å². The van der Waals surface area contributed by atoms with Gasteiger partial charge in [0.1, 0.15) is 11.5 Å². The van der Waals surface area contributed by atoms with Crippen molar-refractivity contribution in [2.75, 3.05) is 19.2 Å². The summed E-state index contributed by atoms with van der Waals surface area (Å²) in [5, 5.41) is 1.63. The van der Waals surface area contributed by atoms with Crippen LogP contribution in [0.3, 0.4) is 0 Å². The number of nitrogens with zero attached hydrogens (tertiary/aromatic N) is 1. The lowest BCUT2D eigenvalue weighted by Crippen LogP contribution is -2.78. The first-order valence-corrected chi connectivity index (χ1v) is 11.7. The second kappa shape index (κ2) is 10.3. The summed E-state index contributed by atoms with van der Waals surface area (Å²) in [4.78, 5) is 49.4. The van der Waals surface area contributed by atoms with Crippen LogP contribution in [0.4, 0.5) is 0 Å². The molecule has 0 spiro atoms. The highest BCUT2D eigenvalue weighted by molar-refractivity contribution is 7.92. The topological polar surface area (TPSA) is 134 Å². The smallest absolute Gasteiger partial charge is 0.336 e. The lowest BCUT2D eigenvalue weighted by molar-refractivity contribution is -0.174. The molecule has 4 atom stereocenters. The van der Waals surface area contributed by atoms with E-state index < -0.39 is 59.2 Å². The SMILES string of the molecule is C=C1C[S+]([O-])[C@H]2C(NC(=O)COc3ccc(C(C)C)cc3)C(=O)N2C1C(=O)OCOC(C)=O. The molecule has 1 aromatic rings. The van der Waals surface area contributed by atoms with Gasteiger partial charge in [-0.25, -0.2) is 4.79 Å². The molecule has 2 saturated heterocycles. The van der Waals surface area contributed by atoms with Crippen LogP contribution in [0.5, 0.6) is 5.75 Å². The third-order valence-electron chi connectivity index (χ3n) is 5.26. The number of benzene rings is 1. The van der Waals surface area contributed by atoms with Crippen molar-refractivity contribution in [3.8, 4) is 5.75 Å². The van der Waals surface area contributed by atoms with Gasteiger partial charge in [-0.05, 0) is 34.8 Å². The molecule has 1 N–H and O–H groups in total. The minimum absolute atomic E-state index is 0.0349. The van der Waals surface area contributed by atoms with E-state index in [9.17, 15) is 23.7 Å². The third-order valence-corrected chi connectivity index (χ3v) is 6.95. The second-order valence-electron chi connectivity index (χ2n) is 8.00. The van der Waals surface area contributed by atoms with Crippen molar-refractivity contribution in [3.63, 3.8) is 0 Å². The Kier molecular flexibility index (Phi) is 7.65. The number of β-lactam (4-membered cyclic amide) rings is 1. The second-order valence-corrected chi connectivity index (χ2v) is 9.53. The highest BCUT2D eigenvalue weighted by Gasteiger charge is 2.63. The van der Waals surface area contributed by atoms with Crippen molar-refractivity contribution in [1.29, 1.82) is 0 Å². The number of ether oxygens (including phenoxy) is 3. The first kappa shape index (κ1) is 24.6. The number of carbonyl (C=O) groups is 4. The lowest BCUT2D eigenvalue weighted by atomic mass is 9.98. The van der Waals surface area contributed by atoms with Crippen molar-refractivity contribution in [1.82, 2.24) is 10.2 Å². The van der Waals surface area contributed by atoms with E-state index in [1.165, 1.54) is 0 Å². The van der Waals surface area contributed by atoms with E-state index in [4.69, 9.17) is 9.47 Å². The molecule has 2 heterocycles. The van der Waals surface area contributed by atoms with Crippen molar-refractivity contribution in [2.45, 2.75) is 44.1 Å². The molecular formula is C22H26N2O8S. The molecular weight excluding hydrogens is 452 g/mol. The number of hydrogen-bond acceptors (Lipinski definition) is 8. The van der Waals surface area contributed by atoms with Crippen LogP contribution in [0, 0.1) is 0 Å². The van der Waals surface area contributed by atoms with Gasteiger partial charge in [-0.15, -0.1) is 0 Å². The van der Waals surface area contributed by atoms with Crippen LogP contribution in [0.15, 0.2) is 36.4 Å². The number of hydrogen-bond donors (Lipinski definition) is 1. The van der Waals surface area contributed by atoms with Crippen molar-refractivity contribution >= 4 is 34.9 Å². The van der Waals surface area contributed by atoms with E-state index in [-0.39, 0.29) is 17.9 Å². The van der Waals surface area contributed by atoms with Crippen LogP contribution in [0.1, 0.15) is 32.3 Å². The molecule has 0 radical (unpaired) electrons. The minimum Gasteiger partial charge on any atom is -0.614 e. The fraction of sp³-hybridized carbons (Fsp3) is 0.455. The molecule has 2 aliphatic rings. The van der Waals surface area contributed by atoms with Crippen LogP contribution >= 0.6 is 0 Å². The largest absolute Gasteiger partial charge is 0.614 e. The van der Waals surface area contributed by atoms with E-state index in [1.807, 2.05) is 12.1 Å². The maximum absolute atomic E-state index is 12.7. The molecule has 3 rings (SSSR count). The number of esters is 2. The quantitative estimate of drug-likeness (QED) is 0.189. The highest BCUT2D eigenvalue weighted by atomic mass is 32.2. The van der Waals surface area contributed by atoms with E-state index >= 15 is 0 Å². The summed E-state index contributed by atoms with van der Waals surface area (Å²) in [6.45, 7) is 8.08. The molecule has 2 fully saturated rings. The van der Waals surface area contributed by atoms with Crippen LogP contribution < -0.4 is 10.1 Å². The average Bonchev–Trinajstić information content (AvgIpc) is 2.75. The Morgan fingerprint density at radius 1 is 1.24 bits per heavy atom. The number of amides is 2. The Morgan fingerprint density at radius 2 is 1.91 bits per heavy atom. The van der Waals surface area contributed by atoms with Gasteiger partial charge in [0.25, 0.3) is 11.8 Å². The summed E-state index contributed by atoms with van der Waals surface area (Å²) in [6, 6.07) is 5.11. The Balaban J connectivity index is 1.57. The normalized spacial score (nSPS) is 24.0. The summed E-state index contributed by atoms with van der Waals surface area (Å²) in [5.41, 5.74) is 1.37. The van der Waals surface area contributed by atoms with E-state index in [0.717, 1.165) is 17.4 Å². The van der Waals surface area contributed by atoms with Crippen LogP contribution in [0.25, 0.3) is 0 Å². The fourth-order valence-electron chi connectivity index (χ4n) is 3.56. The van der Waals surface area contributed by atoms with Crippen LogP contribution in [-0.2, 0) is 39.8 Å². The molecule has 2 amide bonds. The average molecular weight is 479 g/mol. The molecule has 1 aromatic carbocycles. The summed E-state index contributed by atoms with van der Waals surface area (Å²) >= 11 is -1.57. The molecule has 11 heteroatoms. The Bertz CT molecular complexity index is 948. The summed E-state index contributed by atoms with van der Waals surface area (Å²) in [6.07, 6.45) is 0. The van der Waals surface area contributed by atoms with Gasteiger partial charge in [0.05, 0.1) is 0 Å². The molecule has 0 bridgehead atoms. The third kappa shape index (κ3) is 5.48. The highest BCUT2D eigenvalue weighted by Crippen LogP contribution is 2.36. The molecule has 33 heavy (non-hydrogen) atoms. The van der Waals surface area contributed by atoms with Gasteiger partial charge in [0.2, 0.25) is 12.2 Å². The van der Waals surface area contributed by atoms with Gasteiger partial charge in [-0.1, -0.05) is 32.6 Å². The molecule has 10 nitrogen and oxygen atoms in total. The Morgan fingerprint density at radius 3 is 2.52 bits per heavy atom. The maximum atomic E-state index is 12.7. The van der Waals surface area contributed by atoms with Gasteiger partial charge >= 0.3 is 11.9 Å². The van der Waals surface area contributed by atoms with Crippen molar-refractivity contribution in [3.05, 3.63) is 42.0 Å². The number of rotatable bonds is 8. The standard InChI is InChI=1S/C22H26N2O8S/c1-12(2)15-5-7-16(8-6-15)30-9-17(26)23-18-20(27)24-19(13(3)10-33(29)21(18)24)22(28)32-11-31-14(4)25/h5-8,12,18-19,21H,3,9-11H2,1-2,4H3,(H,23,26)/t18?,19?,21-,33?/m0/s1. The fourth-order valence-corrected chi connectivity index (χ4v) is 5.22. The van der Waals surface area contributed by atoms with Gasteiger partial charge in [0.15, 0.2) is 18.7 Å². The van der Waals surface area contributed by atoms with Gasteiger partial charge in [0, 0.05) is 12.5 Å². The molecule has 178 valence electrons. The summed E-state index contributed by atoms with van der Waals surface area (Å²) in [7, 11) is 0. The molecule has 0 aromatic heterocycles. The molecule has 2 aliphatic heterocycles. The zero-order chi connectivity index (χ0) is 24.3. The number of nitrogens with one attached hydrogen (secondary N) is 1. The van der Waals surface area contributed by atoms with Crippen LogP contribution in [-0.4, -0.2) is 69.8 Å². The first-order valence-electron chi connectivity index (χ1n) is 10.3. The maximum Gasteiger partial charge on any atom is 0.336 e. The monoisotopic (exact) mass is 478 g/mol. The first-order chi connectivity index (χ1) is 15.6. The van der Waals surface area contributed by atoms with Gasteiger partial charge in [-0.3, -0.25) is 19.3 Å². The van der Waals surface area contributed by atoms with Crippen molar-refractivity contribution in [2.24, 2.45) is 0 Å². The van der Waals surface area contributed by atoms with E-state index in [2.05, 4.69) is 30.5 Å². The summed E-state index contributed by atoms with van der Waals surface area (Å²) in [5.74, 6) is -1.80. The van der Waals surface area contributed by atoms with Gasteiger partial charge < -0.3 is 24.1 Å². The zero-order valence-corrected chi connectivity index (χ0v) is 19.4. The van der Waals surface area contributed by atoms with Gasteiger partial charge in [-0.2, -0.15) is 0 Å². The van der Waals surface area contributed by atoms with Crippen molar-refractivity contribution < 1.29 is 37.9 Å². The predicted molar refractivity (Wildman–Crippen MR) is 117 cm³/mol. The van der Waals surface area contributed by atoms with Crippen LogP contribution in [0.2, 0.25) is 0 Å². The molecule has 0 aliphatic carbocycles. The lowest BCUT2D eigenvalue weighted by Gasteiger charge is -2.52. The zero-order valence-electron chi connectivity index (χ0n) is 18.6. The number of fused-ring (bicyclic) bond motifs is 1. The van der Waals surface area contributed by atoms with E-state index in [1.54, 1.807) is 12.1 Å². The number of carbonyl (C=O) groups excluding carboxylic acids is 4. The molecule has 0 saturated carbocycles. The van der Waals surface area contributed by atoms with E-state index in [0.29, 0.717) is 11.7 Å².